The largest absolute Gasteiger partial charge is 0.396 e. The highest BCUT2D eigenvalue weighted by Crippen LogP contribution is 2.28. The smallest absolute Gasteiger partial charge is 0.123 e. The van der Waals surface area contributed by atoms with Crippen molar-refractivity contribution in [2.45, 2.75) is 17.7 Å². The Bertz CT molecular complexity index is 322. The lowest BCUT2D eigenvalue weighted by atomic mass is 10.00. The molecule has 2 nitrogen and oxygen atoms in total. The van der Waals surface area contributed by atoms with Gasteiger partial charge in [-0.1, -0.05) is 0 Å². The molecule has 0 bridgehead atoms. The van der Waals surface area contributed by atoms with Crippen molar-refractivity contribution >= 4 is 11.9 Å². The molecule has 2 rings (SSSR count). The van der Waals surface area contributed by atoms with E-state index in [1.807, 2.05) is 0 Å². The molecule has 16 heavy (non-hydrogen) atoms. The van der Waals surface area contributed by atoms with Gasteiger partial charge in [0.05, 0.1) is 0 Å². The Morgan fingerprint density at radius 1 is 1.25 bits per heavy atom. The monoisotopic (exact) mass is 241 g/mol. The summed E-state index contributed by atoms with van der Waals surface area (Å²) in [6, 6.07) is 6.59. The van der Waals surface area contributed by atoms with Crippen LogP contribution in [0, 0.1) is 11.7 Å². The highest BCUT2D eigenvalue weighted by molar-refractivity contribution is 7.97. The molecule has 1 N–H and O–H groups in total. The normalized spacial score (nSPS) is 18.9. The topological polar surface area (TPSA) is 23.5 Å². The van der Waals surface area contributed by atoms with E-state index in [4.69, 9.17) is 5.11 Å². The highest BCUT2D eigenvalue weighted by Gasteiger charge is 2.18. The fraction of sp³-hybridized carbons (Fsp3) is 0.500. The molecule has 0 spiro atoms. The molecule has 1 aliphatic rings. The molecule has 0 radical (unpaired) electrons. The summed E-state index contributed by atoms with van der Waals surface area (Å²) in [5.74, 6) is 0.272. The van der Waals surface area contributed by atoms with Crippen molar-refractivity contribution in [3.05, 3.63) is 30.1 Å². The van der Waals surface area contributed by atoms with E-state index in [1.54, 1.807) is 24.1 Å². The Morgan fingerprint density at radius 3 is 2.44 bits per heavy atom. The summed E-state index contributed by atoms with van der Waals surface area (Å²) >= 11 is 1.67. The molecule has 4 heteroatoms. The second-order valence-electron chi connectivity index (χ2n) is 4.10. The molecule has 1 aromatic carbocycles. The maximum Gasteiger partial charge on any atom is 0.123 e. The van der Waals surface area contributed by atoms with E-state index < -0.39 is 0 Å². The van der Waals surface area contributed by atoms with Gasteiger partial charge in [-0.25, -0.2) is 8.70 Å². The Kier molecular flexibility index (Phi) is 4.21. The van der Waals surface area contributed by atoms with E-state index in [-0.39, 0.29) is 5.82 Å². The second kappa shape index (κ2) is 5.66. The van der Waals surface area contributed by atoms with Gasteiger partial charge < -0.3 is 5.11 Å². The summed E-state index contributed by atoms with van der Waals surface area (Å²) in [6.45, 7) is 2.29. The van der Waals surface area contributed by atoms with Gasteiger partial charge in [0.15, 0.2) is 0 Å². The summed E-state index contributed by atoms with van der Waals surface area (Å²) in [5.41, 5.74) is 0. The summed E-state index contributed by atoms with van der Waals surface area (Å²) in [5, 5.41) is 9.03. The predicted octanol–water partition coefficient (Wildman–Crippen LogP) is 2.54. The van der Waals surface area contributed by atoms with Gasteiger partial charge in [0, 0.05) is 24.6 Å². The molecular formula is C12H16FNOS. The zero-order valence-corrected chi connectivity index (χ0v) is 9.92. The average Bonchev–Trinajstić information content (AvgIpc) is 2.33. The Morgan fingerprint density at radius 2 is 1.88 bits per heavy atom. The minimum atomic E-state index is -0.191. The van der Waals surface area contributed by atoms with Gasteiger partial charge in [0.1, 0.15) is 5.82 Å². The van der Waals surface area contributed by atoms with Gasteiger partial charge in [-0.05, 0) is 55.0 Å². The summed E-state index contributed by atoms with van der Waals surface area (Å²) in [4.78, 5) is 1.07. The molecule has 0 aliphatic carbocycles. The average molecular weight is 241 g/mol. The third-order valence-electron chi connectivity index (χ3n) is 2.88. The zero-order valence-electron chi connectivity index (χ0n) is 9.10. The first kappa shape index (κ1) is 11.9. The van der Waals surface area contributed by atoms with Crippen LogP contribution in [0.25, 0.3) is 0 Å². The van der Waals surface area contributed by atoms with Gasteiger partial charge in [-0.3, -0.25) is 0 Å². The third-order valence-corrected chi connectivity index (χ3v) is 3.99. The van der Waals surface area contributed by atoms with E-state index in [0.29, 0.717) is 12.5 Å². The maximum absolute atomic E-state index is 12.7. The van der Waals surface area contributed by atoms with E-state index in [2.05, 4.69) is 4.31 Å². The van der Waals surface area contributed by atoms with Crippen LogP contribution in [0.4, 0.5) is 4.39 Å². The first-order valence-corrected chi connectivity index (χ1v) is 6.34. The quantitative estimate of drug-likeness (QED) is 0.823. The van der Waals surface area contributed by atoms with Crippen LogP contribution in [0.1, 0.15) is 12.8 Å². The van der Waals surface area contributed by atoms with Crippen LogP contribution in [0.15, 0.2) is 29.2 Å². The van der Waals surface area contributed by atoms with Crippen LogP contribution in [0.2, 0.25) is 0 Å². The molecule has 1 aromatic rings. The standard InChI is InChI=1S/C12H16FNOS/c13-11-1-3-12(4-2-11)16-14-7-5-10(9-15)6-8-14/h1-4,10,15H,5-9H2. The molecule has 0 saturated carbocycles. The number of piperidine rings is 1. The molecule has 0 atom stereocenters. The van der Waals surface area contributed by atoms with Crippen molar-refractivity contribution in [1.82, 2.24) is 4.31 Å². The van der Waals surface area contributed by atoms with Crippen LogP contribution in [-0.4, -0.2) is 29.1 Å². The third kappa shape index (κ3) is 3.20. The summed E-state index contributed by atoms with van der Waals surface area (Å²) in [6.07, 6.45) is 2.09. The number of benzene rings is 1. The van der Waals surface area contributed by atoms with Gasteiger partial charge in [-0.2, -0.15) is 0 Å². The van der Waals surface area contributed by atoms with Gasteiger partial charge in [-0.15, -0.1) is 0 Å². The van der Waals surface area contributed by atoms with Crippen molar-refractivity contribution in [3.63, 3.8) is 0 Å². The molecule has 0 amide bonds. The predicted molar refractivity (Wildman–Crippen MR) is 63.6 cm³/mol. The summed E-state index contributed by atoms with van der Waals surface area (Å²) in [7, 11) is 0. The number of rotatable bonds is 3. The zero-order chi connectivity index (χ0) is 11.4. The fourth-order valence-corrected chi connectivity index (χ4v) is 2.78. The van der Waals surface area contributed by atoms with Gasteiger partial charge in [0.25, 0.3) is 0 Å². The molecule has 88 valence electrons. The number of aliphatic hydroxyl groups excluding tert-OH is 1. The lowest BCUT2D eigenvalue weighted by Crippen LogP contribution is -2.29. The van der Waals surface area contributed by atoms with E-state index in [1.165, 1.54) is 12.1 Å². The molecule has 1 saturated heterocycles. The molecule has 0 aromatic heterocycles. The minimum absolute atomic E-state index is 0.191. The Hall–Kier alpha value is -0.580. The second-order valence-corrected chi connectivity index (χ2v) is 5.27. The summed E-state index contributed by atoms with van der Waals surface area (Å²) < 4.78 is 15.0. The minimum Gasteiger partial charge on any atom is -0.396 e. The number of halogens is 1. The molecule has 1 heterocycles. The van der Waals surface area contributed by atoms with Crippen LogP contribution >= 0.6 is 11.9 Å². The van der Waals surface area contributed by atoms with Crippen LogP contribution in [0.3, 0.4) is 0 Å². The lowest BCUT2D eigenvalue weighted by molar-refractivity contribution is 0.174. The highest BCUT2D eigenvalue weighted by atomic mass is 32.2. The molecule has 1 aliphatic heterocycles. The maximum atomic E-state index is 12.7. The first-order chi connectivity index (χ1) is 7.78. The van der Waals surface area contributed by atoms with Crippen molar-refractivity contribution in [1.29, 1.82) is 0 Å². The fourth-order valence-electron chi connectivity index (χ4n) is 1.83. The number of aliphatic hydroxyl groups is 1. The first-order valence-electron chi connectivity index (χ1n) is 5.57. The number of nitrogens with zero attached hydrogens (tertiary/aromatic N) is 1. The molecule has 0 unspecified atom stereocenters. The van der Waals surface area contributed by atoms with E-state index >= 15 is 0 Å². The van der Waals surface area contributed by atoms with Crippen molar-refractivity contribution in [2.75, 3.05) is 19.7 Å². The van der Waals surface area contributed by atoms with Crippen LogP contribution in [0.5, 0.6) is 0 Å². The number of hydrogen-bond donors (Lipinski definition) is 1. The van der Waals surface area contributed by atoms with Gasteiger partial charge in [0.2, 0.25) is 0 Å². The number of hydrogen-bond acceptors (Lipinski definition) is 3. The Labute approximate surface area is 99.6 Å². The SMILES string of the molecule is OCC1CCN(Sc2ccc(F)cc2)CC1. The van der Waals surface area contributed by atoms with Crippen LogP contribution in [-0.2, 0) is 0 Å². The van der Waals surface area contributed by atoms with Crippen molar-refractivity contribution in [3.8, 4) is 0 Å². The van der Waals surface area contributed by atoms with E-state index in [0.717, 1.165) is 30.8 Å². The van der Waals surface area contributed by atoms with Crippen molar-refractivity contribution < 1.29 is 9.50 Å². The van der Waals surface area contributed by atoms with Gasteiger partial charge >= 0.3 is 0 Å². The van der Waals surface area contributed by atoms with E-state index in [9.17, 15) is 4.39 Å². The Balaban J connectivity index is 1.84. The van der Waals surface area contributed by atoms with Crippen molar-refractivity contribution in [2.24, 2.45) is 5.92 Å². The molecular weight excluding hydrogens is 225 g/mol. The molecule has 1 fully saturated rings. The lowest BCUT2D eigenvalue weighted by Gasteiger charge is -2.29. The van der Waals surface area contributed by atoms with Crippen LogP contribution < -0.4 is 0 Å².